The molecule has 2 aromatic rings. The van der Waals surface area contributed by atoms with Gasteiger partial charge in [0.05, 0.1) is 6.04 Å². The topological polar surface area (TPSA) is 69.0 Å². The Morgan fingerprint density at radius 1 is 1.46 bits per heavy atom. The monoisotopic (exact) mass is 352 g/mol. The van der Waals surface area contributed by atoms with E-state index in [-0.39, 0.29) is 11.3 Å². The SMILES string of the molecule is CCC(C)[C@@H](CNC(=O)OC(C)(C)C)n1ccc2cnc(Cl)nc21. The molecule has 0 bridgehead atoms. The van der Waals surface area contributed by atoms with Crippen molar-refractivity contribution in [1.82, 2.24) is 19.9 Å². The maximum absolute atomic E-state index is 12.0. The van der Waals surface area contributed by atoms with E-state index < -0.39 is 11.7 Å². The van der Waals surface area contributed by atoms with Crippen molar-refractivity contribution in [3.05, 3.63) is 23.7 Å². The van der Waals surface area contributed by atoms with Crippen LogP contribution in [0, 0.1) is 5.92 Å². The van der Waals surface area contributed by atoms with Gasteiger partial charge in [-0.15, -0.1) is 0 Å². The largest absolute Gasteiger partial charge is 0.444 e. The summed E-state index contributed by atoms with van der Waals surface area (Å²) < 4.78 is 7.37. The van der Waals surface area contributed by atoms with Gasteiger partial charge in [-0.1, -0.05) is 20.3 Å². The van der Waals surface area contributed by atoms with Gasteiger partial charge in [0.25, 0.3) is 0 Å². The first-order valence-electron chi connectivity index (χ1n) is 8.17. The summed E-state index contributed by atoms with van der Waals surface area (Å²) in [5, 5.41) is 4.00. The van der Waals surface area contributed by atoms with Crippen LogP contribution in [-0.4, -0.2) is 32.8 Å². The van der Waals surface area contributed by atoms with Gasteiger partial charge < -0.3 is 14.6 Å². The van der Waals surface area contributed by atoms with Crippen LogP contribution < -0.4 is 5.32 Å². The van der Waals surface area contributed by atoms with Crippen LogP contribution in [0.2, 0.25) is 5.28 Å². The number of ether oxygens (including phenoxy) is 1. The summed E-state index contributed by atoms with van der Waals surface area (Å²) in [6.07, 6.45) is 4.22. The van der Waals surface area contributed by atoms with E-state index in [1.165, 1.54) is 0 Å². The third-order valence-electron chi connectivity index (χ3n) is 3.94. The molecule has 0 radical (unpaired) electrons. The number of halogens is 1. The fraction of sp³-hybridized carbons (Fsp3) is 0.588. The third-order valence-corrected chi connectivity index (χ3v) is 4.12. The number of aromatic nitrogens is 3. The van der Waals surface area contributed by atoms with Crippen molar-refractivity contribution < 1.29 is 9.53 Å². The fourth-order valence-corrected chi connectivity index (χ4v) is 2.66. The van der Waals surface area contributed by atoms with Crippen molar-refractivity contribution in [3.63, 3.8) is 0 Å². The van der Waals surface area contributed by atoms with Crippen LogP contribution in [-0.2, 0) is 4.74 Å². The fourth-order valence-electron chi connectivity index (χ4n) is 2.53. The second-order valence-corrected chi connectivity index (χ2v) is 7.31. The number of nitrogens with one attached hydrogen (secondary N) is 1. The maximum Gasteiger partial charge on any atom is 0.407 e. The molecule has 1 unspecified atom stereocenters. The van der Waals surface area contributed by atoms with E-state index in [0.717, 1.165) is 17.5 Å². The number of hydrogen-bond donors (Lipinski definition) is 1. The number of fused-ring (bicyclic) bond motifs is 1. The van der Waals surface area contributed by atoms with E-state index >= 15 is 0 Å². The predicted molar refractivity (Wildman–Crippen MR) is 95.3 cm³/mol. The van der Waals surface area contributed by atoms with E-state index in [9.17, 15) is 4.79 Å². The molecule has 0 saturated heterocycles. The van der Waals surface area contributed by atoms with Gasteiger partial charge >= 0.3 is 6.09 Å². The summed E-state index contributed by atoms with van der Waals surface area (Å²) in [6, 6.07) is 2.00. The number of carbonyl (C=O) groups is 1. The third kappa shape index (κ3) is 4.60. The summed E-state index contributed by atoms with van der Waals surface area (Å²) in [5.41, 5.74) is 0.253. The van der Waals surface area contributed by atoms with Gasteiger partial charge in [-0.05, 0) is 44.4 Å². The van der Waals surface area contributed by atoms with Gasteiger partial charge in [0.15, 0.2) is 0 Å². The molecule has 0 aliphatic carbocycles. The second-order valence-electron chi connectivity index (χ2n) is 6.98. The molecule has 7 heteroatoms. The molecule has 24 heavy (non-hydrogen) atoms. The minimum atomic E-state index is -0.517. The standard InChI is InChI=1S/C17H25ClN4O2/c1-6-11(2)13(10-20-16(23)24-17(3,4)5)22-8-7-12-9-19-15(18)21-14(12)22/h7-9,11,13H,6,10H2,1-5H3,(H,20,23)/t11?,13-/m1/s1. The Balaban J connectivity index is 2.22. The lowest BCUT2D eigenvalue weighted by molar-refractivity contribution is 0.0515. The van der Waals surface area contributed by atoms with Gasteiger partial charge in [0.2, 0.25) is 5.28 Å². The van der Waals surface area contributed by atoms with E-state index in [4.69, 9.17) is 16.3 Å². The lowest BCUT2D eigenvalue weighted by Crippen LogP contribution is -2.37. The number of rotatable bonds is 5. The zero-order valence-electron chi connectivity index (χ0n) is 14.8. The minimum absolute atomic E-state index is 0.0472. The second kappa shape index (κ2) is 7.38. The smallest absolute Gasteiger partial charge is 0.407 e. The first-order chi connectivity index (χ1) is 11.2. The average Bonchev–Trinajstić information content (AvgIpc) is 2.88. The maximum atomic E-state index is 12.0. The Kier molecular flexibility index (Phi) is 5.70. The van der Waals surface area contributed by atoms with Crippen LogP contribution in [0.5, 0.6) is 0 Å². The normalized spacial score (nSPS) is 14.4. The molecular formula is C17H25ClN4O2. The molecule has 0 aliphatic heterocycles. The summed E-state index contributed by atoms with van der Waals surface area (Å²) in [7, 11) is 0. The molecule has 1 N–H and O–H groups in total. The molecule has 0 spiro atoms. The quantitative estimate of drug-likeness (QED) is 0.819. The highest BCUT2D eigenvalue weighted by molar-refractivity contribution is 6.28. The summed E-state index contributed by atoms with van der Waals surface area (Å²) in [5.74, 6) is 0.337. The Labute approximate surface area is 147 Å². The van der Waals surface area contributed by atoms with E-state index in [1.807, 2.05) is 33.0 Å². The molecule has 1 amide bonds. The van der Waals surface area contributed by atoms with Crippen LogP contribution >= 0.6 is 11.6 Å². The van der Waals surface area contributed by atoms with Gasteiger partial charge in [0.1, 0.15) is 11.2 Å². The van der Waals surface area contributed by atoms with Crippen molar-refractivity contribution in [2.45, 2.75) is 52.7 Å². The molecule has 2 atom stereocenters. The van der Waals surface area contributed by atoms with Crippen molar-refractivity contribution in [3.8, 4) is 0 Å². The lowest BCUT2D eigenvalue weighted by atomic mass is 9.99. The zero-order chi connectivity index (χ0) is 17.9. The molecule has 0 saturated carbocycles. The number of carbonyl (C=O) groups excluding carboxylic acids is 1. The highest BCUT2D eigenvalue weighted by Crippen LogP contribution is 2.26. The molecule has 2 aromatic heterocycles. The predicted octanol–water partition coefficient (Wildman–Crippen LogP) is 4.20. The van der Waals surface area contributed by atoms with Crippen LogP contribution in [0.4, 0.5) is 4.79 Å². The highest BCUT2D eigenvalue weighted by Gasteiger charge is 2.23. The first kappa shape index (κ1) is 18.5. The molecule has 2 rings (SSSR count). The minimum Gasteiger partial charge on any atom is -0.444 e. The van der Waals surface area contributed by atoms with Crippen LogP contribution in [0.15, 0.2) is 18.5 Å². The molecule has 0 aliphatic rings. The van der Waals surface area contributed by atoms with E-state index in [1.54, 1.807) is 6.20 Å². The lowest BCUT2D eigenvalue weighted by Gasteiger charge is -2.27. The van der Waals surface area contributed by atoms with Gasteiger partial charge in [-0.2, -0.15) is 4.98 Å². The van der Waals surface area contributed by atoms with Crippen LogP contribution in [0.25, 0.3) is 11.0 Å². The summed E-state index contributed by atoms with van der Waals surface area (Å²) >= 11 is 5.94. The Hall–Kier alpha value is -1.82. The van der Waals surface area contributed by atoms with Crippen molar-refractivity contribution in [1.29, 1.82) is 0 Å². The number of hydrogen-bond acceptors (Lipinski definition) is 4. The number of nitrogens with zero attached hydrogens (tertiary/aromatic N) is 3. The average molecular weight is 353 g/mol. The van der Waals surface area contributed by atoms with Gasteiger partial charge in [-0.3, -0.25) is 0 Å². The van der Waals surface area contributed by atoms with E-state index in [0.29, 0.717) is 12.5 Å². The van der Waals surface area contributed by atoms with Crippen LogP contribution in [0.3, 0.4) is 0 Å². The molecule has 132 valence electrons. The molecule has 6 nitrogen and oxygen atoms in total. The van der Waals surface area contributed by atoms with Gasteiger partial charge in [0, 0.05) is 24.3 Å². The summed E-state index contributed by atoms with van der Waals surface area (Å²) in [6.45, 7) is 10.3. The first-order valence-corrected chi connectivity index (χ1v) is 8.55. The van der Waals surface area contributed by atoms with Crippen molar-refractivity contribution >= 4 is 28.7 Å². The zero-order valence-corrected chi connectivity index (χ0v) is 15.6. The molecule has 0 fully saturated rings. The van der Waals surface area contributed by atoms with Crippen LogP contribution in [0.1, 0.15) is 47.1 Å². The van der Waals surface area contributed by atoms with E-state index in [2.05, 4.69) is 33.7 Å². The molecule has 0 aromatic carbocycles. The van der Waals surface area contributed by atoms with Crippen molar-refractivity contribution in [2.24, 2.45) is 5.92 Å². The Morgan fingerprint density at radius 3 is 2.79 bits per heavy atom. The van der Waals surface area contributed by atoms with Crippen molar-refractivity contribution in [2.75, 3.05) is 6.54 Å². The van der Waals surface area contributed by atoms with Gasteiger partial charge in [-0.25, -0.2) is 9.78 Å². The molecule has 2 heterocycles. The Bertz CT molecular complexity index is 708. The molecular weight excluding hydrogens is 328 g/mol. The Morgan fingerprint density at radius 2 is 2.17 bits per heavy atom. The number of alkyl carbamates (subject to hydrolysis) is 1. The number of amides is 1. The summed E-state index contributed by atoms with van der Waals surface area (Å²) in [4.78, 5) is 20.3. The highest BCUT2D eigenvalue weighted by atomic mass is 35.5.